The summed E-state index contributed by atoms with van der Waals surface area (Å²) in [4.78, 5) is 38.3. The lowest BCUT2D eigenvalue weighted by Crippen LogP contribution is -2.46. The SMILES string of the molecule is [13CH3][15N]([13CH3])[13CH2]CN1[13CH2][13CH2][13CH2][13CH]1C(=O)[15NH]CCC(=O)NCCC(=O)O. The van der Waals surface area contributed by atoms with Crippen molar-refractivity contribution in [3.8, 4) is 0 Å². The van der Waals surface area contributed by atoms with Crippen molar-refractivity contribution in [2.24, 2.45) is 0 Å². The lowest BCUT2D eigenvalue weighted by atomic mass is 10.4. The molecule has 132 valence electrons. The van der Waals surface area contributed by atoms with Gasteiger partial charge >= 0.3 is 5.97 Å². The first kappa shape index (κ1) is 19.4. The summed E-state index contributed by atoms with van der Waals surface area (Å²) >= 11 is 0. The Labute approximate surface area is 137 Å². The highest BCUT2D eigenvalue weighted by molar-refractivity contribution is 5.83. The molecule has 1 aliphatic heterocycles. The summed E-state index contributed by atoms with van der Waals surface area (Å²) in [6.07, 6.45) is 1.93. The number of rotatable bonds is 10. The molecule has 0 saturated carbocycles. The van der Waals surface area contributed by atoms with E-state index in [0.29, 0.717) is 0 Å². The first-order valence-electron chi connectivity index (χ1n) is 8.05. The molecule has 1 fully saturated rings. The maximum atomic E-state index is 12.2. The number of carbonyl (C=O) groups is 3. The number of carboxylic acids is 1. The van der Waals surface area contributed by atoms with Gasteiger partial charge in [0, 0.05) is 32.6 Å². The van der Waals surface area contributed by atoms with Crippen LogP contribution >= 0.6 is 0 Å². The molecule has 8 heteroatoms. The van der Waals surface area contributed by atoms with Gasteiger partial charge in [0.1, 0.15) is 0 Å². The van der Waals surface area contributed by atoms with Gasteiger partial charge in [0.05, 0.1) is 12.5 Å². The first-order chi connectivity index (χ1) is 10.9. The van der Waals surface area contributed by atoms with E-state index < -0.39 is 5.97 Å². The molecule has 1 unspecified atom stereocenters. The highest BCUT2D eigenvalue weighted by Gasteiger charge is 2.30. The van der Waals surface area contributed by atoms with Crippen molar-refractivity contribution >= 4 is 17.8 Å². The normalized spacial score (nSPS) is 18.1. The van der Waals surface area contributed by atoms with Crippen LogP contribution in [0.2, 0.25) is 0 Å². The standard InChI is InChI=1S/C15H28N4O4/c1-18(2)10-11-19-9-3-4-12(19)15(23)17-7-5-13(20)16-8-6-14(21)22/h12H,3-11H2,1-2H3,(H,16,20)(H,17,23)(H,21,22)/i1+1,2+1,3+1,4+1,9+1,10+1,12+1,17+1,18+1. The van der Waals surface area contributed by atoms with Crippen LogP contribution in [-0.2, 0) is 14.4 Å². The second-order valence-corrected chi connectivity index (χ2v) is 6.03. The maximum absolute atomic E-state index is 12.2. The van der Waals surface area contributed by atoms with Crippen molar-refractivity contribution in [3.05, 3.63) is 0 Å². The predicted molar refractivity (Wildman–Crippen MR) is 86.0 cm³/mol. The van der Waals surface area contributed by atoms with Crippen molar-refractivity contribution in [1.82, 2.24) is 20.4 Å². The minimum absolute atomic E-state index is 0.0282. The molecule has 0 bridgehead atoms. The fourth-order valence-electron chi connectivity index (χ4n) is 2.53. The van der Waals surface area contributed by atoms with E-state index in [1.807, 2.05) is 14.1 Å². The second kappa shape index (κ2) is 10.2. The van der Waals surface area contributed by atoms with E-state index in [4.69, 9.17) is 5.11 Å². The smallest absolute Gasteiger partial charge is 0.305 e. The zero-order valence-corrected chi connectivity index (χ0v) is 14.0. The number of nitrogens with one attached hydrogen (secondary N) is 2. The molecule has 1 rings (SSSR count). The Morgan fingerprint density at radius 1 is 1.17 bits per heavy atom. The van der Waals surface area contributed by atoms with Gasteiger partial charge in [-0.3, -0.25) is 19.3 Å². The summed E-state index contributed by atoms with van der Waals surface area (Å²) in [5.41, 5.74) is 0. The molecule has 8 nitrogen and oxygen atoms in total. The van der Waals surface area contributed by atoms with Gasteiger partial charge in [-0.25, -0.2) is 0 Å². The van der Waals surface area contributed by atoms with Gasteiger partial charge in [-0.15, -0.1) is 0 Å². The van der Waals surface area contributed by atoms with Gasteiger partial charge < -0.3 is 20.6 Å². The molecule has 1 heterocycles. The molecule has 0 aliphatic carbocycles. The third-order valence-corrected chi connectivity index (χ3v) is 3.81. The minimum atomic E-state index is -0.947. The van der Waals surface area contributed by atoms with Crippen molar-refractivity contribution in [3.63, 3.8) is 0 Å². The van der Waals surface area contributed by atoms with Crippen molar-refractivity contribution in [2.45, 2.75) is 31.7 Å². The average molecular weight is 337 g/mol. The van der Waals surface area contributed by atoms with Crippen LogP contribution in [0.4, 0.5) is 0 Å². The number of hydrogen-bond donors (Lipinski definition) is 3. The molecule has 23 heavy (non-hydrogen) atoms. The molecule has 1 saturated heterocycles. The minimum Gasteiger partial charge on any atom is -0.481 e. The van der Waals surface area contributed by atoms with Crippen molar-refractivity contribution < 1.29 is 19.5 Å². The number of aliphatic carboxylic acids is 1. The third kappa shape index (κ3) is 7.94. The Bertz CT molecular complexity index is 414. The number of likely N-dealkylation sites (N-methyl/N-ethyl adjacent to an activating group) is 1. The van der Waals surface area contributed by atoms with Crippen molar-refractivity contribution in [2.75, 3.05) is 46.8 Å². The molecule has 0 aromatic heterocycles. The largest absolute Gasteiger partial charge is 0.481 e. The van der Waals surface area contributed by atoms with E-state index in [1.165, 1.54) is 0 Å². The van der Waals surface area contributed by atoms with Gasteiger partial charge in [-0.1, -0.05) is 0 Å². The van der Waals surface area contributed by atoms with Gasteiger partial charge in [0.25, 0.3) is 0 Å². The highest BCUT2D eigenvalue weighted by atomic mass is 16.4. The average Bonchev–Trinajstić information content (AvgIpc) is 2.93. The summed E-state index contributed by atoms with van der Waals surface area (Å²) in [7, 11) is 4.02. The highest BCUT2D eigenvalue weighted by Crippen LogP contribution is 2.16. The lowest BCUT2D eigenvalue weighted by Gasteiger charge is -2.25. The third-order valence-electron chi connectivity index (χ3n) is 3.81. The van der Waals surface area contributed by atoms with E-state index in [0.717, 1.165) is 32.5 Å². The van der Waals surface area contributed by atoms with Crippen LogP contribution in [0.25, 0.3) is 0 Å². The fraction of sp³-hybridized carbons (Fsp3) is 0.800. The van der Waals surface area contributed by atoms with Crippen LogP contribution in [0.15, 0.2) is 0 Å². The van der Waals surface area contributed by atoms with Crippen LogP contribution in [0, 0.1) is 0 Å². The molecular weight excluding hydrogens is 309 g/mol. The lowest BCUT2D eigenvalue weighted by molar-refractivity contribution is -0.137. The van der Waals surface area contributed by atoms with Crippen LogP contribution in [-0.4, -0.2) is 85.6 Å². The molecule has 0 aromatic carbocycles. The van der Waals surface area contributed by atoms with Crippen LogP contribution in [0.3, 0.4) is 0 Å². The molecule has 0 aromatic rings. The number of carboxylic acid groups (broad SMARTS) is 1. The van der Waals surface area contributed by atoms with Crippen LogP contribution in [0.5, 0.6) is 0 Å². The number of nitrogens with zero attached hydrogens (tertiary/aromatic N) is 2. The summed E-state index contributed by atoms with van der Waals surface area (Å²) in [6, 6.07) is -0.106. The Balaban J connectivity index is 2.22. The molecule has 1 atom stereocenters. The van der Waals surface area contributed by atoms with E-state index in [-0.39, 0.29) is 43.8 Å². The topological polar surface area (TPSA) is 102 Å². The van der Waals surface area contributed by atoms with E-state index in [2.05, 4.69) is 20.4 Å². The molecular formula is C15H28N4O4. The quantitative estimate of drug-likeness (QED) is 0.353. The van der Waals surface area contributed by atoms with Gasteiger partial charge in [0.15, 0.2) is 0 Å². The molecule has 2 amide bonds. The maximum Gasteiger partial charge on any atom is 0.305 e. The zero-order valence-electron chi connectivity index (χ0n) is 14.0. The van der Waals surface area contributed by atoms with Gasteiger partial charge in [-0.05, 0) is 33.5 Å². The number of hydrogen-bond acceptors (Lipinski definition) is 5. The van der Waals surface area contributed by atoms with Crippen molar-refractivity contribution in [1.29, 1.82) is 0 Å². The van der Waals surface area contributed by atoms with Crippen LogP contribution < -0.4 is 10.6 Å². The number of carbonyl (C=O) groups excluding carboxylic acids is 2. The summed E-state index contributed by atoms with van der Waals surface area (Å²) in [6.45, 7) is 3.09. The van der Waals surface area contributed by atoms with Gasteiger partial charge in [0.2, 0.25) is 11.8 Å². The predicted octanol–water partition coefficient (Wildman–Crippen LogP) is -0.890. The van der Waals surface area contributed by atoms with E-state index >= 15 is 0 Å². The monoisotopic (exact) mass is 337 g/mol. The molecule has 0 radical (unpaired) electrons. The molecule has 1 aliphatic rings. The Kier molecular flexibility index (Phi) is 8.57. The van der Waals surface area contributed by atoms with Gasteiger partial charge in [-0.2, -0.15) is 0 Å². The second-order valence-electron chi connectivity index (χ2n) is 6.03. The number of amides is 2. The van der Waals surface area contributed by atoms with E-state index in [9.17, 15) is 14.4 Å². The molecule has 3 N–H and O–H groups in total. The number of likely N-dealkylation sites (tertiary alicyclic amines) is 1. The Morgan fingerprint density at radius 3 is 2.52 bits per heavy atom. The Morgan fingerprint density at radius 2 is 1.87 bits per heavy atom. The fourth-order valence-corrected chi connectivity index (χ4v) is 2.53. The Hall–Kier alpha value is -1.67. The zero-order chi connectivity index (χ0) is 17.2. The summed E-state index contributed by atoms with van der Waals surface area (Å²) < 4.78 is 0. The first-order valence-corrected chi connectivity index (χ1v) is 8.05. The van der Waals surface area contributed by atoms with E-state index in [1.54, 1.807) is 0 Å². The molecule has 0 spiro atoms. The summed E-state index contributed by atoms with van der Waals surface area (Å²) in [5.74, 6) is -1.22. The summed E-state index contributed by atoms with van der Waals surface area (Å²) in [5, 5.41) is 13.8. The van der Waals surface area contributed by atoms with Crippen LogP contribution in [0.1, 0.15) is 25.7 Å².